The summed E-state index contributed by atoms with van der Waals surface area (Å²) in [5, 5.41) is 14.9. The molecular formula is C19H19N5O2. The molecule has 2 aromatic heterocycles. The first-order valence-electron chi connectivity index (χ1n) is 8.48. The first-order valence-corrected chi connectivity index (χ1v) is 8.48. The fourth-order valence-corrected chi connectivity index (χ4v) is 3.86. The number of carbonyl (C=O) groups excluding carboxylic acids is 1. The van der Waals surface area contributed by atoms with E-state index < -0.39 is 0 Å². The van der Waals surface area contributed by atoms with Crippen molar-refractivity contribution in [3.8, 4) is 17.5 Å². The number of hydrogen-bond donors (Lipinski definition) is 1. The number of ketones is 1. The number of fused-ring (bicyclic) bond motifs is 3. The molecule has 132 valence electrons. The van der Waals surface area contributed by atoms with Gasteiger partial charge in [0.2, 0.25) is 0 Å². The van der Waals surface area contributed by atoms with Crippen LogP contribution in [0, 0.1) is 25.2 Å². The van der Waals surface area contributed by atoms with Crippen LogP contribution < -0.4 is 10.5 Å². The van der Waals surface area contributed by atoms with Gasteiger partial charge in [0.25, 0.3) is 0 Å². The van der Waals surface area contributed by atoms with Crippen molar-refractivity contribution in [3.05, 3.63) is 34.5 Å². The van der Waals surface area contributed by atoms with E-state index in [1.807, 2.05) is 26.0 Å². The van der Waals surface area contributed by atoms with Crippen LogP contribution in [0.4, 0.5) is 5.82 Å². The molecule has 0 aliphatic carbocycles. The third-order valence-electron chi connectivity index (χ3n) is 5.07. The summed E-state index contributed by atoms with van der Waals surface area (Å²) in [6.07, 6.45) is 1.22. The minimum Gasteiger partial charge on any atom is -0.496 e. The SMILES string of the molecule is COc1ccc(C)c(-n2c(N)c(C#N)c3c4n(nc32)CCCC4=O)c1C. The van der Waals surface area contributed by atoms with Crippen molar-refractivity contribution in [1.82, 2.24) is 14.3 Å². The molecular weight excluding hydrogens is 330 g/mol. The fourth-order valence-electron chi connectivity index (χ4n) is 3.86. The first-order chi connectivity index (χ1) is 12.5. The van der Waals surface area contributed by atoms with Gasteiger partial charge in [-0.15, -0.1) is 0 Å². The van der Waals surface area contributed by atoms with E-state index in [2.05, 4.69) is 11.2 Å². The molecule has 1 aliphatic rings. The summed E-state index contributed by atoms with van der Waals surface area (Å²) in [6, 6.07) is 6.01. The predicted molar refractivity (Wildman–Crippen MR) is 97.8 cm³/mol. The topological polar surface area (TPSA) is 98.9 Å². The number of rotatable bonds is 2. The molecule has 1 aliphatic heterocycles. The summed E-state index contributed by atoms with van der Waals surface area (Å²) in [4.78, 5) is 12.5. The highest BCUT2D eigenvalue weighted by Gasteiger charge is 2.30. The summed E-state index contributed by atoms with van der Waals surface area (Å²) in [5.41, 5.74) is 10.4. The van der Waals surface area contributed by atoms with Gasteiger partial charge in [0.05, 0.1) is 18.2 Å². The van der Waals surface area contributed by atoms with Gasteiger partial charge in [-0.3, -0.25) is 14.0 Å². The highest BCUT2D eigenvalue weighted by Crippen LogP contribution is 2.38. The van der Waals surface area contributed by atoms with Gasteiger partial charge >= 0.3 is 0 Å². The Bertz CT molecular complexity index is 1110. The third kappa shape index (κ3) is 1.99. The zero-order valence-corrected chi connectivity index (χ0v) is 15.0. The predicted octanol–water partition coefficient (Wildman–Crippen LogP) is 2.88. The van der Waals surface area contributed by atoms with Gasteiger partial charge in [0, 0.05) is 18.5 Å². The van der Waals surface area contributed by atoms with Crippen molar-refractivity contribution in [2.45, 2.75) is 33.2 Å². The van der Waals surface area contributed by atoms with Crippen molar-refractivity contribution in [2.24, 2.45) is 0 Å². The summed E-state index contributed by atoms with van der Waals surface area (Å²) in [5.74, 6) is 1.03. The molecule has 7 nitrogen and oxygen atoms in total. The minimum atomic E-state index is 0.00601. The van der Waals surface area contributed by atoms with E-state index in [4.69, 9.17) is 10.5 Å². The van der Waals surface area contributed by atoms with Gasteiger partial charge in [0.15, 0.2) is 11.4 Å². The van der Waals surface area contributed by atoms with E-state index >= 15 is 0 Å². The van der Waals surface area contributed by atoms with Crippen LogP contribution >= 0.6 is 0 Å². The molecule has 0 unspecified atom stereocenters. The van der Waals surface area contributed by atoms with Crippen molar-refractivity contribution in [2.75, 3.05) is 12.8 Å². The number of methoxy groups -OCH3 is 1. The Morgan fingerprint density at radius 3 is 2.81 bits per heavy atom. The molecule has 0 atom stereocenters. The van der Waals surface area contributed by atoms with Crippen LogP contribution in [0.25, 0.3) is 16.7 Å². The lowest BCUT2D eigenvalue weighted by molar-refractivity contribution is 0.0953. The van der Waals surface area contributed by atoms with E-state index in [9.17, 15) is 10.1 Å². The highest BCUT2D eigenvalue weighted by atomic mass is 16.5. The van der Waals surface area contributed by atoms with Crippen LogP contribution in [0.1, 0.15) is 40.0 Å². The van der Waals surface area contributed by atoms with E-state index in [1.165, 1.54) is 0 Å². The number of nitrogens with two attached hydrogens (primary N) is 1. The van der Waals surface area contributed by atoms with Crippen molar-refractivity contribution in [1.29, 1.82) is 5.26 Å². The number of aryl methyl sites for hydroxylation is 2. The lowest BCUT2D eigenvalue weighted by Gasteiger charge is -2.16. The maximum atomic E-state index is 12.5. The monoisotopic (exact) mass is 349 g/mol. The van der Waals surface area contributed by atoms with Crippen LogP contribution in [0.5, 0.6) is 5.75 Å². The van der Waals surface area contributed by atoms with Gasteiger partial charge in [0.1, 0.15) is 28.9 Å². The molecule has 26 heavy (non-hydrogen) atoms. The maximum Gasteiger partial charge on any atom is 0.181 e. The Labute approximate surface area is 150 Å². The number of nitrogen functional groups attached to an aromatic ring is 1. The number of benzene rings is 1. The quantitative estimate of drug-likeness (QED) is 0.767. The zero-order chi connectivity index (χ0) is 18.6. The molecule has 4 rings (SSSR count). The summed E-state index contributed by atoms with van der Waals surface area (Å²) >= 11 is 0. The Balaban J connectivity index is 2.15. The first kappa shape index (κ1) is 16.2. The number of nitrogens with zero attached hydrogens (tertiary/aromatic N) is 4. The number of hydrogen-bond acceptors (Lipinski definition) is 5. The van der Waals surface area contributed by atoms with Gasteiger partial charge in [-0.1, -0.05) is 6.07 Å². The third-order valence-corrected chi connectivity index (χ3v) is 5.07. The molecule has 0 amide bonds. The molecule has 1 aromatic carbocycles. The van der Waals surface area contributed by atoms with Crippen molar-refractivity contribution >= 4 is 22.6 Å². The van der Waals surface area contributed by atoms with Crippen LogP contribution in [0.15, 0.2) is 12.1 Å². The Kier molecular flexibility index (Phi) is 3.51. The number of carbonyl (C=O) groups is 1. The Morgan fingerprint density at radius 2 is 2.12 bits per heavy atom. The van der Waals surface area contributed by atoms with Gasteiger partial charge < -0.3 is 10.5 Å². The molecule has 3 aromatic rings. The lowest BCUT2D eigenvalue weighted by Crippen LogP contribution is -2.18. The molecule has 0 spiro atoms. The maximum absolute atomic E-state index is 12.5. The molecule has 0 bridgehead atoms. The average Bonchev–Trinajstić information content (AvgIpc) is 3.10. The number of aromatic nitrogens is 3. The second-order valence-electron chi connectivity index (χ2n) is 6.56. The van der Waals surface area contributed by atoms with E-state index in [0.717, 1.165) is 29.0 Å². The Morgan fingerprint density at radius 1 is 1.35 bits per heavy atom. The molecule has 0 saturated carbocycles. The minimum absolute atomic E-state index is 0.00601. The largest absolute Gasteiger partial charge is 0.496 e. The van der Waals surface area contributed by atoms with Gasteiger partial charge in [-0.05, 0) is 31.9 Å². The Hall–Kier alpha value is -3.27. The summed E-state index contributed by atoms with van der Waals surface area (Å²) in [6.45, 7) is 4.58. The molecule has 7 heteroatoms. The van der Waals surface area contributed by atoms with Gasteiger partial charge in [-0.2, -0.15) is 10.4 Å². The normalized spacial score (nSPS) is 13.7. The number of ether oxygens (including phenoxy) is 1. The van der Waals surface area contributed by atoms with E-state index in [0.29, 0.717) is 41.1 Å². The standard InChI is InChI=1S/C19H19N5O2/c1-10-6-7-14(26-3)11(2)16(10)24-18(21)12(9-20)15-17-13(25)5-4-8-23(17)22-19(15)24/h6-7H,4-5,8,21H2,1-3H3. The van der Waals surface area contributed by atoms with E-state index in [-0.39, 0.29) is 5.78 Å². The van der Waals surface area contributed by atoms with Crippen LogP contribution in [0.2, 0.25) is 0 Å². The summed E-state index contributed by atoms with van der Waals surface area (Å²) in [7, 11) is 1.62. The van der Waals surface area contributed by atoms with E-state index in [1.54, 1.807) is 16.4 Å². The fraction of sp³-hybridized carbons (Fsp3) is 0.316. The number of nitriles is 1. The average molecular weight is 349 g/mol. The molecule has 0 saturated heterocycles. The number of anilines is 1. The van der Waals surface area contributed by atoms with Gasteiger partial charge in [-0.25, -0.2) is 0 Å². The van der Waals surface area contributed by atoms with Crippen molar-refractivity contribution < 1.29 is 9.53 Å². The van der Waals surface area contributed by atoms with Crippen LogP contribution in [-0.2, 0) is 6.54 Å². The smallest absolute Gasteiger partial charge is 0.181 e. The zero-order valence-electron chi connectivity index (χ0n) is 15.0. The highest BCUT2D eigenvalue weighted by molar-refractivity contribution is 6.10. The van der Waals surface area contributed by atoms with Crippen LogP contribution in [0.3, 0.4) is 0 Å². The molecule has 2 N–H and O–H groups in total. The molecule has 0 radical (unpaired) electrons. The van der Waals surface area contributed by atoms with Crippen molar-refractivity contribution in [3.63, 3.8) is 0 Å². The molecule has 0 fully saturated rings. The second-order valence-corrected chi connectivity index (χ2v) is 6.56. The van der Waals surface area contributed by atoms with Crippen LogP contribution in [-0.4, -0.2) is 27.2 Å². The number of Topliss-reactive ketones (excluding diaryl/α,β-unsaturated/α-hetero) is 1. The second kappa shape index (κ2) is 5.63. The molecule has 3 heterocycles. The summed E-state index contributed by atoms with van der Waals surface area (Å²) < 4.78 is 8.93. The lowest BCUT2D eigenvalue weighted by atomic mass is 10.0.